The van der Waals surface area contributed by atoms with Gasteiger partial charge in [-0.3, -0.25) is 19.3 Å². The van der Waals surface area contributed by atoms with Gasteiger partial charge in [0.05, 0.1) is 22.1 Å². The number of nitrogens with zero attached hydrogens (tertiary/aromatic N) is 2. The maximum absolute atomic E-state index is 12.8. The molecule has 0 saturated carbocycles. The highest BCUT2D eigenvalue weighted by Gasteiger charge is 2.50. The molecule has 3 atom stereocenters. The number of nitrogens with one attached hydrogen (secondary N) is 1. The maximum atomic E-state index is 12.8. The summed E-state index contributed by atoms with van der Waals surface area (Å²) in [5.74, 6) is -0.382. The number of carbonyl (C=O) groups excluding carboxylic acids is 3. The number of hydrogen-bond donors (Lipinski definition) is 1. The van der Waals surface area contributed by atoms with E-state index in [1.54, 1.807) is 13.0 Å². The van der Waals surface area contributed by atoms with Crippen LogP contribution in [-0.2, 0) is 14.4 Å². The van der Waals surface area contributed by atoms with Crippen molar-refractivity contribution in [1.29, 1.82) is 0 Å². The number of fused-ring (bicyclic) bond motifs is 3. The summed E-state index contributed by atoms with van der Waals surface area (Å²) < 4.78 is 12.0. The number of likely N-dealkylation sites (tertiary alicyclic amines) is 1. The normalized spacial score (nSPS) is 24.0. The molecule has 5 rings (SSSR count). The van der Waals surface area contributed by atoms with Crippen molar-refractivity contribution in [3.63, 3.8) is 0 Å². The first kappa shape index (κ1) is 18.1. The molecule has 0 bridgehead atoms. The van der Waals surface area contributed by atoms with E-state index in [0.29, 0.717) is 48.2 Å². The van der Waals surface area contributed by atoms with Gasteiger partial charge in [0.1, 0.15) is 19.3 Å². The molecule has 3 aliphatic rings. The number of benzene rings is 1. The molecular formula is C20H19N3O5S. The van der Waals surface area contributed by atoms with Crippen molar-refractivity contribution in [3.05, 3.63) is 24.3 Å². The summed E-state index contributed by atoms with van der Waals surface area (Å²) in [6, 6.07) is 2.73. The topological polar surface area (TPSA) is 97.8 Å². The molecule has 3 heterocycles. The van der Waals surface area contributed by atoms with Gasteiger partial charge in [-0.2, -0.15) is 0 Å². The Balaban J connectivity index is 1.35. The highest BCUT2D eigenvalue weighted by molar-refractivity contribution is 7.22. The fourth-order valence-electron chi connectivity index (χ4n) is 4.05. The zero-order valence-electron chi connectivity index (χ0n) is 15.7. The van der Waals surface area contributed by atoms with Crippen LogP contribution in [0.3, 0.4) is 0 Å². The predicted octanol–water partition coefficient (Wildman–Crippen LogP) is 2.35. The number of aromatic nitrogens is 1. The van der Waals surface area contributed by atoms with E-state index >= 15 is 0 Å². The number of carbonyl (C=O) groups is 3. The van der Waals surface area contributed by atoms with E-state index in [9.17, 15) is 14.4 Å². The van der Waals surface area contributed by atoms with Gasteiger partial charge in [-0.05, 0) is 19.8 Å². The van der Waals surface area contributed by atoms with Gasteiger partial charge in [0.15, 0.2) is 16.6 Å². The first-order valence-electron chi connectivity index (χ1n) is 9.56. The SMILES string of the molecule is C[C@H](C(=O)Nc1nc2cc3c(cc2s1)OCCO3)N1C(=O)[C@@H]2CC=CC[C@H]2C1=O. The number of imide groups is 1. The molecule has 1 fully saturated rings. The van der Waals surface area contributed by atoms with Crippen LogP contribution >= 0.6 is 11.3 Å². The molecule has 0 spiro atoms. The number of amides is 3. The fraction of sp³-hybridized carbons (Fsp3) is 0.400. The van der Waals surface area contributed by atoms with Crippen molar-refractivity contribution >= 4 is 44.4 Å². The number of allylic oxidation sites excluding steroid dienone is 2. The lowest BCUT2D eigenvalue weighted by Crippen LogP contribution is -2.46. The summed E-state index contributed by atoms with van der Waals surface area (Å²) in [7, 11) is 0. The minimum absolute atomic E-state index is 0.265. The molecule has 2 aromatic rings. The average molecular weight is 413 g/mol. The van der Waals surface area contributed by atoms with E-state index in [0.717, 1.165) is 9.60 Å². The molecule has 150 valence electrons. The van der Waals surface area contributed by atoms with Gasteiger partial charge in [0.2, 0.25) is 17.7 Å². The summed E-state index contributed by atoms with van der Waals surface area (Å²) in [4.78, 5) is 43.7. The van der Waals surface area contributed by atoms with Crippen LogP contribution in [-0.4, -0.2) is 46.9 Å². The fourth-order valence-corrected chi connectivity index (χ4v) is 4.93. The zero-order valence-corrected chi connectivity index (χ0v) is 16.5. The Morgan fingerprint density at radius 2 is 1.76 bits per heavy atom. The van der Waals surface area contributed by atoms with Crippen LogP contribution in [0, 0.1) is 11.8 Å². The lowest BCUT2D eigenvalue weighted by molar-refractivity contribution is -0.146. The quantitative estimate of drug-likeness (QED) is 0.613. The van der Waals surface area contributed by atoms with Gasteiger partial charge < -0.3 is 14.8 Å². The van der Waals surface area contributed by atoms with Gasteiger partial charge in [0, 0.05) is 12.1 Å². The molecule has 3 amide bonds. The summed E-state index contributed by atoms with van der Waals surface area (Å²) in [5, 5.41) is 3.15. The molecule has 9 heteroatoms. The second-order valence-corrected chi connectivity index (χ2v) is 8.38. The summed E-state index contributed by atoms with van der Waals surface area (Å²) in [6.07, 6.45) is 4.95. The maximum Gasteiger partial charge on any atom is 0.249 e. The standard InChI is InChI=1S/C20H19N3O5S/c1-10(23-18(25)11-4-2-3-5-12(11)19(23)26)17(24)22-20-21-13-8-14-15(9-16(13)29-20)28-7-6-27-14/h2-3,8-12H,4-7H2,1H3,(H,21,22,24)/t10-,11-,12-/m1/s1. The lowest BCUT2D eigenvalue weighted by Gasteiger charge is -2.21. The second kappa shape index (κ2) is 6.84. The molecule has 1 aromatic carbocycles. The number of thiazole rings is 1. The second-order valence-electron chi connectivity index (χ2n) is 7.35. The Labute approximate surface area is 170 Å². The molecule has 1 aliphatic carbocycles. The molecular weight excluding hydrogens is 394 g/mol. The van der Waals surface area contributed by atoms with Gasteiger partial charge in [-0.1, -0.05) is 23.5 Å². The highest BCUT2D eigenvalue weighted by atomic mass is 32.1. The van der Waals surface area contributed by atoms with E-state index in [-0.39, 0.29) is 23.7 Å². The van der Waals surface area contributed by atoms with Crippen LogP contribution < -0.4 is 14.8 Å². The molecule has 8 nitrogen and oxygen atoms in total. The molecule has 1 aromatic heterocycles. The third-order valence-corrected chi connectivity index (χ3v) is 6.52. The highest BCUT2D eigenvalue weighted by Crippen LogP contribution is 2.39. The number of anilines is 1. The predicted molar refractivity (Wildman–Crippen MR) is 106 cm³/mol. The van der Waals surface area contributed by atoms with Crippen molar-refractivity contribution in [3.8, 4) is 11.5 Å². The van der Waals surface area contributed by atoms with Crippen LogP contribution in [0.2, 0.25) is 0 Å². The van der Waals surface area contributed by atoms with Crippen LogP contribution in [0.4, 0.5) is 5.13 Å². The minimum atomic E-state index is -0.896. The van der Waals surface area contributed by atoms with Gasteiger partial charge >= 0.3 is 0 Å². The van der Waals surface area contributed by atoms with Crippen LogP contribution in [0.15, 0.2) is 24.3 Å². The number of hydrogen-bond acceptors (Lipinski definition) is 7. The molecule has 29 heavy (non-hydrogen) atoms. The largest absolute Gasteiger partial charge is 0.486 e. The lowest BCUT2D eigenvalue weighted by atomic mass is 9.85. The van der Waals surface area contributed by atoms with E-state index in [1.165, 1.54) is 11.3 Å². The third kappa shape index (κ3) is 2.96. The Bertz CT molecular complexity index is 993. The van der Waals surface area contributed by atoms with Crippen LogP contribution in [0.5, 0.6) is 11.5 Å². The van der Waals surface area contributed by atoms with Gasteiger partial charge in [0.25, 0.3) is 0 Å². The van der Waals surface area contributed by atoms with Crippen LogP contribution in [0.1, 0.15) is 19.8 Å². The summed E-state index contributed by atoms with van der Waals surface area (Å²) in [6.45, 7) is 2.55. The number of ether oxygens (including phenoxy) is 2. The van der Waals surface area contributed by atoms with Gasteiger partial charge in [-0.25, -0.2) is 4.98 Å². The Hall–Kier alpha value is -2.94. The van der Waals surface area contributed by atoms with Crippen molar-refractivity contribution in [2.45, 2.75) is 25.8 Å². The third-order valence-electron chi connectivity index (χ3n) is 5.59. The number of rotatable bonds is 3. The van der Waals surface area contributed by atoms with E-state index in [1.807, 2.05) is 18.2 Å². The molecule has 1 N–H and O–H groups in total. The monoisotopic (exact) mass is 413 g/mol. The minimum Gasteiger partial charge on any atom is -0.486 e. The first-order valence-corrected chi connectivity index (χ1v) is 10.4. The summed E-state index contributed by atoms with van der Waals surface area (Å²) >= 11 is 1.30. The van der Waals surface area contributed by atoms with Crippen molar-refractivity contribution < 1.29 is 23.9 Å². The smallest absolute Gasteiger partial charge is 0.249 e. The zero-order chi connectivity index (χ0) is 20.1. The molecule has 1 saturated heterocycles. The van der Waals surface area contributed by atoms with E-state index in [4.69, 9.17) is 9.47 Å². The van der Waals surface area contributed by atoms with Crippen molar-refractivity contribution in [2.24, 2.45) is 11.8 Å². The summed E-state index contributed by atoms with van der Waals surface area (Å²) in [5.41, 5.74) is 0.688. The van der Waals surface area contributed by atoms with Crippen LogP contribution in [0.25, 0.3) is 10.2 Å². The Morgan fingerprint density at radius 3 is 2.41 bits per heavy atom. The van der Waals surface area contributed by atoms with Crippen molar-refractivity contribution in [2.75, 3.05) is 18.5 Å². The average Bonchev–Trinajstić information content (AvgIpc) is 3.23. The molecule has 0 radical (unpaired) electrons. The molecule has 0 unspecified atom stereocenters. The molecule has 2 aliphatic heterocycles. The van der Waals surface area contributed by atoms with E-state index in [2.05, 4.69) is 10.3 Å². The van der Waals surface area contributed by atoms with Gasteiger partial charge in [-0.15, -0.1) is 0 Å². The van der Waals surface area contributed by atoms with Crippen molar-refractivity contribution in [1.82, 2.24) is 9.88 Å². The van der Waals surface area contributed by atoms with E-state index < -0.39 is 11.9 Å². The first-order chi connectivity index (χ1) is 14.0. The Kier molecular flexibility index (Phi) is 4.27. The Morgan fingerprint density at radius 1 is 1.14 bits per heavy atom.